The van der Waals surface area contributed by atoms with Crippen LogP contribution in [-0.4, -0.2) is 62.7 Å². The zero-order chi connectivity index (χ0) is 14.0. The molecule has 0 bridgehead atoms. The predicted molar refractivity (Wildman–Crippen MR) is 65.6 cm³/mol. The molecule has 1 aromatic carbocycles. The van der Waals surface area contributed by atoms with Crippen molar-refractivity contribution in [3.63, 3.8) is 0 Å². The molecule has 0 radical (unpaired) electrons. The zero-order valence-corrected chi connectivity index (χ0v) is 10.3. The maximum atomic E-state index is 9.87. The first kappa shape index (κ1) is 14.2. The number of hydrogen-bond acceptors (Lipinski definition) is 6. The van der Waals surface area contributed by atoms with Crippen LogP contribution in [-0.2, 0) is 11.2 Å². The van der Waals surface area contributed by atoms with Gasteiger partial charge in [-0.3, -0.25) is 0 Å². The van der Waals surface area contributed by atoms with E-state index in [1.807, 2.05) is 0 Å². The van der Waals surface area contributed by atoms with Crippen LogP contribution in [0.1, 0.15) is 5.56 Å². The molecule has 1 aliphatic rings. The van der Waals surface area contributed by atoms with E-state index in [0.717, 1.165) is 5.56 Å². The minimum atomic E-state index is -1.35. The van der Waals surface area contributed by atoms with Gasteiger partial charge in [0.15, 0.2) is 0 Å². The second-order valence-corrected chi connectivity index (χ2v) is 4.74. The van der Waals surface area contributed by atoms with Gasteiger partial charge in [0, 0.05) is 6.42 Å². The van der Waals surface area contributed by atoms with E-state index >= 15 is 0 Å². The summed E-state index contributed by atoms with van der Waals surface area (Å²) in [6, 6.07) is 6.38. The Kier molecular flexibility index (Phi) is 4.38. The minimum Gasteiger partial charge on any atom is -0.508 e. The lowest BCUT2D eigenvalue weighted by atomic mass is 9.92. The van der Waals surface area contributed by atoms with E-state index < -0.39 is 37.1 Å². The van der Waals surface area contributed by atoms with Crippen molar-refractivity contribution in [1.29, 1.82) is 0 Å². The second-order valence-electron chi connectivity index (χ2n) is 4.74. The highest BCUT2D eigenvalue weighted by Crippen LogP contribution is 2.24. The van der Waals surface area contributed by atoms with Gasteiger partial charge in [0.1, 0.15) is 30.2 Å². The highest BCUT2D eigenvalue weighted by molar-refractivity contribution is 5.26. The molecular formula is C13H18O6. The Labute approximate surface area is 110 Å². The maximum Gasteiger partial charge on any atom is 0.115 e. The summed E-state index contributed by atoms with van der Waals surface area (Å²) in [6.45, 7) is -0.434. The van der Waals surface area contributed by atoms with Crippen LogP contribution >= 0.6 is 0 Å². The third kappa shape index (κ3) is 3.05. The minimum absolute atomic E-state index is 0.137. The molecule has 2 rings (SSSR count). The van der Waals surface area contributed by atoms with Crippen molar-refractivity contribution >= 4 is 0 Å². The Morgan fingerprint density at radius 2 is 1.47 bits per heavy atom. The fourth-order valence-corrected chi connectivity index (χ4v) is 2.21. The molecule has 1 heterocycles. The lowest BCUT2D eigenvalue weighted by Crippen LogP contribution is -2.58. The molecule has 5 N–H and O–H groups in total. The van der Waals surface area contributed by atoms with Crippen molar-refractivity contribution in [2.45, 2.75) is 36.9 Å². The number of ether oxygens (including phenoxy) is 1. The van der Waals surface area contributed by atoms with Crippen LogP contribution in [0.4, 0.5) is 0 Å². The molecule has 6 nitrogen and oxygen atoms in total. The van der Waals surface area contributed by atoms with E-state index in [4.69, 9.17) is 9.84 Å². The van der Waals surface area contributed by atoms with Gasteiger partial charge in [-0.25, -0.2) is 0 Å². The normalized spacial score (nSPS) is 35.3. The average molecular weight is 270 g/mol. The van der Waals surface area contributed by atoms with Crippen molar-refractivity contribution < 1.29 is 30.3 Å². The molecule has 6 heteroatoms. The molecule has 1 aliphatic heterocycles. The lowest BCUT2D eigenvalue weighted by molar-refractivity contribution is -0.228. The quantitative estimate of drug-likeness (QED) is 0.471. The lowest BCUT2D eigenvalue weighted by Gasteiger charge is -2.40. The first-order valence-corrected chi connectivity index (χ1v) is 6.11. The number of phenols is 1. The standard InChI is InChI=1S/C13H18O6/c14-6-10-12(17)13(18)11(16)9(19-10)5-7-1-3-8(15)4-2-7/h1-4,9-18H,5-6H2/t9?,10-,11+,12-,13-/m1/s1. The van der Waals surface area contributed by atoms with Gasteiger partial charge in [-0.05, 0) is 17.7 Å². The van der Waals surface area contributed by atoms with Crippen LogP contribution in [0.5, 0.6) is 5.75 Å². The molecule has 0 saturated carbocycles. The van der Waals surface area contributed by atoms with Crippen LogP contribution in [0.2, 0.25) is 0 Å². The van der Waals surface area contributed by atoms with E-state index in [-0.39, 0.29) is 5.75 Å². The fourth-order valence-electron chi connectivity index (χ4n) is 2.21. The summed E-state index contributed by atoms with van der Waals surface area (Å²) in [4.78, 5) is 0. The molecule has 19 heavy (non-hydrogen) atoms. The maximum absolute atomic E-state index is 9.87. The SMILES string of the molecule is OC[C@H]1OC(Cc2ccc(O)cc2)[C@H](O)[C@@H](O)[C@@H]1O. The first-order valence-electron chi connectivity index (χ1n) is 6.11. The van der Waals surface area contributed by atoms with Gasteiger partial charge in [0.2, 0.25) is 0 Å². The first-order chi connectivity index (χ1) is 9.02. The molecule has 0 amide bonds. The van der Waals surface area contributed by atoms with E-state index in [1.54, 1.807) is 12.1 Å². The molecule has 1 saturated heterocycles. The van der Waals surface area contributed by atoms with E-state index in [9.17, 15) is 20.4 Å². The number of aliphatic hydroxyl groups is 4. The van der Waals surface area contributed by atoms with Crippen molar-refractivity contribution in [3.05, 3.63) is 29.8 Å². The number of aliphatic hydroxyl groups excluding tert-OH is 4. The van der Waals surface area contributed by atoms with Gasteiger partial charge in [0.25, 0.3) is 0 Å². The van der Waals surface area contributed by atoms with E-state index in [2.05, 4.69) is 0 Å². The monoisotopic (exact) mass is 270 g/mol. The largest absolute Gasteiger partial charge is 0.508 e. The summed E-state index contributed by atoms with van der Waals surface area (Å²) >= 11 is 0. The molecule has 1 aromatic rings. The smallest absolute Gasteiger partial charge is 0.115 e. The van der Waals surface area contributed by atoms with Gasteiger partial charge < -0.3 is 30.3 Å². The summed E-state index contributed by atoms with van der Waals surface area (Å²) < 4.78 is 5.39. The number of hydrogen-bond donors (Lipinski definition) is 5. The van der Waals surface area contributed by atoms with Crippen LogP contribution in [0, 0.1) is 0 Å². The number of phenolic OH excluding ortho intramolecular Hbond substituents is 1. The van der Waals surface area contributed by atoms with Gasteiger partial charge in [-0.2, -0.15) is 0 Å². The van der Waals surface area contributed by atoms with Gasteiger partial charge in [0.05, 0.1) is 12.7 Å². The number of aromatic hydroxyl groups is 1. The highest BCUT2D eigenvalue weighted by atomic mass is 16.5. The topological polar surface area (TPSA) is 110 Å². The Balaban J connectivity index is 2.08. The third-order valence-electron chi connectivity index (χ3n) is 3.36. The van der Waals surface area contributed by atoms with Gasteiger partial charge in [-0.1, -0.05) is 12.1 Å². The molecule has 1 unspecified atom stereocenters. The molecule has 0 spiro atoms. The van der Waals surface area contributed by atoms with Crippen LogP contribution in [0.25, 0.3) is 0 Å². The summed E-state index contributed by atoms with van der Waals surface area (Å²) in [6.07, 6.45) is -5.22. The predicted octanol–water partition coefficient (Wildman–Crippen LogP) is -1.22. The molecule has 5 atom stereocenters. The summed E-state index contributed by atoms with van der Waals surface area (Å²) in [7, 11) is 0. The van der Waals surface area contributed by atoms with E-state index in [1.165, 1.54) is 12.1 Å². The second kappa shape index (κ2) is 5.85. The van der Waals surface area contributed by atoms with Gasteiger partial charge in [-0.15, -0.1) is 0 Å². The molecule has 0 aliphatic carbocycles. The summed E-state index contributed by atoms with van der Waals surface area (Å²) in [5.41, 5.74) is 0.808. The summed E-state index contributed by atoms with van der Waals surface area (Å²) in [5.74, 6) is 0.137. The molecule has 106 valence electrons. The Hall–Kier alpha value is -1.18. The third-order valence-corrected chi connectivity index (χ3v) is 3.36. The van der Waals surface area contributed by atoms with Gasteiger partial charge >= 0.3 is 0 Å². The average Bonchev–Trinajstić information content (AvgIpc) is 2.42. The van der Waals surface area contributed by atoms with Crippen LogP contribution in [0.15, 0.2) is 24.3 Å². The Morgan fingerprint density at radius 1 is 0.895 bits per heavy atom. The molecule has 0 aromatic heterocycles. The van der Waals surface area contributed by atoms with Crippen LogP contribution < -0.4 is 0 Å². The molecular weight excluding hydrogens is 252 g/mol. The Morgan fingerprint density at radius 3 is 2.05 bits per heavy atom. The zero-order valence-electron chi connectivity index (χ0n) is 10.3. The fraction of sp³-hybridized carbons (Fsp3) is 0.538. The highest BCUT2D eigenvalue weighted by Gasteiger charge is 2.43. The number of benzene rings is 1. The van der Waals surface area contributed by atoms with Crippen molar-refractivity contribution in [2.24, 2.45) is 0 Å². The van der Waals surface area contributed by atoms with E-state index in [0.29, 0.717) is 6.42 Å². The van der Waals surface area contributed by atoms with Crippen molar-refractivity contribution in [1.82, 2.24) is 0 Å². The Bertz CT molecular complexity index is 404. The summed E-state index contributed by atoms with van der Waals surface area (Å²) in [5, 5.41) is 47.4. The molecule has 1 fully saturated rings. The van der Waals surface area contributed by atoms with Crippen molar-refractivity contribution in [2.75, 3.05) is 6.61 Å². The number of rotatable bonds is 3. The van der Waals surface area contributed by atoms with Crippen molar-refractivity contribution in [3.8, 4) is 5.75 Å². The van der Waals surface area contributed by atoms with Crippen LogP contribution in [0.3, 0.4) is 0 Å².